The summed E-state index contributed by atoms with van der Waals surface area (Å²) in [6, 6.07) is 0. The molecule has 1 rings (SSSR count). The molecule has 0 aliphatic carbocycles. The van der Waals surface area contributed by atoms with E-state index in [0.29, 0.717) is 12.2 Å². The van der Waals surface area contributed by atoms with E-state index in [1.54, 1.807) is 19.3 Å². The maximum Gasteiger partial charge on any atom is 0.303 e. The van der Waals surface area contributed by atoms with E-state index in [1.165, 1.54) is 0 Å². The number of amides is 1. The molecule has 1 unspecified atom stereocenters. The maximum atomic E-state index is 11.5. The molecule has 0 fully saturated rings. The van der Waals surface area contributed by atoms with Crippen LogP contribution in [0.5, 0.6) is 0 Å². The zero-order chi connectivity index (χ0) is 13.5. The molecular formula is C12H17N3O3. The standard InChI is InChI=1S/C12H17N3O3/c1-8(4-12(17)18)3-11(16)15-7-10-6-13-9(2)5-14-10/h5-6,8H,3-4,7H2,1-2H3,(H,15,16)(H,17,18). The Labute approximate surface area is 105 Å². The molecule has 0 bridgehead atoms. The highest BCUT2D eigenvalue weighted by molar-refractivity contribution is 5.77. The number of hydrogen-bond acceptors (Lipinski definition) is 4. The Balaban J connectivity index is 2.32. The largest absolute Gasteiger partial charge is 0.481 e. The van der Waals surface area contributed by atoms with Gasteiger partial charge in [-0.25, -0.2) is 0 Å². The maximum absolute atomic E-state index is 11.5. The number of carboxylic acids is 1. The van der Waals surface area contributed by atoms with Crippen LogP contribution in [0.3, 0.4) is 0 Å². The summed E-state index contributed by atoms with van der Waals surface area (Å²) in [6.45, 7) is 3.88. The second-order valence-corrected chi connectivity index (χ2v) is 4.33. The molecule has 6 nitrogen and oxygen atoms in total. The van der Waals surface area contributed by atoms with Crippen molar-refractivity contribution >= 4 is 11.9 Å². The quantitative estimate of drug-likeness (QED) is 0.783. The molecule has 0 aliphatic heterocycles. The predicted molar refractivity (Wildman–Crippen MR) is 64.6 cm³/mol. The highest BCUT2D eigenvalue weighted by atomic mass is 16.4. The van der Waals surface area contributed by atoms with Crippen LogP contribution < -0.4 is 5.32 Å². The van der Waals surface area contributed by atoms with Gasteiger partial charge in [0.2, 0.25) is 5.91 Å². The summed E-state index contributed by atoms with van der Waals surface area (Å²) < 4.78 is 0. The number of aromatic nitrogens is 2. The topological polar surface area (TPSA) is 92.2 Å². The SMILES string of the molecule is Cc1cnc(CNC(=O)CC(C)CC(=O)O)cn1. The van der Waals surface area contributed by atoms with Crippen LogP contribution in [0.4, 0.5) is 0 Å². The smallest absolute Gasteiger partial charge is 0.303 e. The fourth-order valence-corrected chi connectivity index (χ4v) is 1.46. The first kappa shape index (κ1) is 14.1. The number of carboxylic acid groups (broad SMARTS) is 1. The summed E-state index contributed by atoms with van der Waals surface area (Å²) in [6.07, 6.45) is 3.44. The van der Waals surface area contributed by atoms with Gasteiger partial charge in [-0.05, 0) is 12.8 Å². The van der Waals surface area contributed by atoms with E-state index in [-0.39, 0.29) is 24.7 Å². The molecule has 0 saturated heterocycles. The summed E-state index contributed by atoms with van der Waals surface area (Å²) in [4.78, 5) is 30.1. The number of aryl methyl sites for hydroxylation is 1. The summed E-state index contributed by atoms with van der Waals surface area (Å²) >= 11 is 0. The van der Waals surface area contributed by atoms with Crippen molar-refractivity contribution in [2.24, 2.45) is 5.92 Å². The van der Waals surface area contributed by atoms with E-state index in [9.17, 15) is 9.59 Å². The van der Waals surface area contributed by atoms with E-state index < -0.39 is 5.97 Å². The number of nitrogens with zero attached hydrogens (tertiary/aromatic N) is 2. The number of hydrogen-bond donors (Lipinski definition) is 2. The molecule has 0 radical (unpaired) electrons. The van der Waals surface area contributed by atoms with Gasteiger partial charge in [0.1, 0.15) is 0 Å². The van der Waals surface area contributed by atoms with E-state index in [0.717, 1.165) is 5.69 Å². The molecule has 6 heteroatoms. The highest BCUT2D eigenvalue weighted by Crippen LogP contribution is 2.07. The van der Waals surface area contributed by atoms with Crippen LogP contribution >= 0.6 is 0 Å². The van der Waals surface area contributed by atoms with Crippen molar-refractivity contribution in [3.63, 3.8) is 0 Å². The van der Waals surface area contributed by atoms with Crippen LogP contribution in [-0.2, 0) is 16.1 Å². The third-order valence-electron chi connectivity index (χ3n) is 2.36. The minimum absolute atomic E-state index is 0.00222. The Bertz CT molecular complexity index is 417. The third kappa shape index (κ3) is 5.38. The Kier molecular flexibility index (Phi) is 5.23. The van der Waals surface area contributed by atoms with Gasteiger partial charge >= 0.3 is 5.97 Å². The zero-order valence-corrected chi connectivity index (χ0v) is 10.5. The van der Waals surface area contributed by atoms with Gasteiger partial charge in [-0.3, -0.25) is 19.6 Å². The molecule has 2 N–H and O–H groups in total. The van der Waals surface area contributed by atoms with Crippen molar-refractivity contribution in [3.05, 3.63) is 23.8 Å². The molecular weight excluding hydrogens is 234 g/mol. The highest BCUT2D eigenvalue weighted by Gasteiger charge is 2.12. The summed E-state index contributed by atoms with van der Waals surface area (Å²) in [5, 5.41) is 11.3. The fourth-order valence-electron chi connectivity index (χ4n) is 1.46. The normalized spacial score (nSPS) is 11.9. The van der Waals surface area contributed by atoms with E-state index >= 15 is 0 Å². The predicted octanol–water partition coefficient (Wildman–Crippen LogP) is 0.902. The summed E-state index contributed by atoms with van der Waals surface area (Å²) in [5.74, 6) is -1.24. The molecule has 1 heterocycles. The van der Waals surface area contributed by atoms with Crippen LogP contribution in [0.25, 0.3) is 0 Å². The Hall–Kier alpha value is -1.98. The number of carbonyl (C=O) groups excluding carboxylic acids is 1. The lowest BCUT2D eigenvalue weighted by atomic mass is 10.0. The van der Waals surface area contributed by atoms with Crippen molar-refractivity contribution in [2.75, 3.05) is 0 Å². The van der Waals surface area contributed by atoms with Gasteiger partial charge in [0.05, 0.1) is 24.1 Å². The molecule has 18 heavy (non-hydrogen) atoms. The Morgan fingerprint density at radius 1 is 1.33 bits per heavy atom. The average Bonchev–Trinajstić information content (AvgIpc) is 2.27. The van der Waals surface area contributed by atoms with Gasteiger partial charge in [0, 0.05) is 19.0 Å². The zero-order valence-electron chi connectivity index (χ0n) is 10.5. The average molecular weight is 251 g/mol. The van der Waals surface area contributed by atoms with Gasteiger partial charge in [-0.2, -0.15) is 0 Å². The fraction of sp³-hybridized carbons (Fsp3) is 0.500. The van der Waals surface area contributed by atoms with E-state index in [1.807, 2.05) is 6.92 Å². The van der Waals surface area contributed by atoms with Gasteiger partial charge in [-0.15, -0.1) is 0 Å². The van der Waals surface area contributed by atoms with Gasteiger partial charge in [0.15, 0.2) is 0 Å². The number of carbonyl (C=O) groups is 2. The number of rotatable bonds is 6. The lowest BCUT2D eigenvalue weighted by molar-refractivity contribution is -0.138. The summed E-state index contributed by atoms with van der Waals surface area (Å²) in [7, 11) is 0. The van der Waals surface area contributed by atoms with Crippen LogP contribution in [0.2, 0.25) is 0 Å². The van der Waals surface area contributed by atoms with Crippen LogP contribution in [0, 0.1) is 12.8 Å². The minimum atomic E-state index is -0.889. The van der Waals surface area contributed by atoms with Gasteiger partial charge in [-0.1, -0.05) is 6.92 Å². The van der Waals surface area contributed by atoms with Gasteiger partial charge < -0.3 is 10.4 Å². The molecule has 98 valence electrons. The van der Waals surface area contributed by atoms with Crippen LogP contribution in [0.1, 0.15) is 31.2 Å². The first-order chi connectivity index (χ1) is 8.47. The molecule has 0 aromatic carbocycles. The Morgan fingerprint density at radius 2 is 2.06 bits per heavy atom. The van der Waals surface area contributed by atoms with Crippen molar-refractivity contribution < 1.29 is 14.7 Å². The molecule has 1 aromatic rings. The minimum Gasteiger partial charge on any atom is -0.481 e. The summed E-state index contributed by atoms with van der Waals surface area (Å²) in [5.41, 5.74) is 1.50. The molecule has 0 saturated carbocycles. The second kappa shape index (κ2) is 6.68. The van der Waals surface area contributed by atoms with Gasteiger partial charge in [0.25, 0.3) is 0 Å². The first-order valence-electron chi connectivity index (χ1n) is 5.73. The van der Waals surface area contributed by atoms with Crippen molar-refractivity contribution in [1.29, 1.82) is 0 Å². The molecule has 1 aromatic heterocycles. The first-order valence-corrected chi connectivity index (χ1v) is 5.73. The number of aliphatic carboxylic acids is 1. The molecule has 1 atom stereocenters. The Morgan fingerprint density at radius 3 is 2.61 bits per heavy atom. The lowest BCUT2D eigenvalue weighted by Gasteiger charge is -2.09. The van der Waals surface area contributed by atoms with Crippen LogP contribution in [-0.4, -0.2) is 27.0 Å². The van der Waals surface area contributed by atoms with Crippen molar-refractivity contribution in [1.82, 2.24) is 15.3 Å². The van der Waals surface area contributed by atoms with Crippen LogP contribution in [0.15, 0.2) is 12.4 Å². The van der Waals surface area contributed by atoms with Crippen molar-refractivity contribution in [2.45, 2.75) is 33.2 Å². The van der Waals surface area contributed by atoms with E-state index in [2.05, 4.69) is 15.3 Å². The number of nitrogens with one attached hydrogen (secondary N) is 1. The monoisotopic (exact) mass is 251 g/mol. The third-order valence-corrected chi connectivity index (χ3v) is 2.36. The lowest BCUT2D eigenvalue weighted by Crippen LogP contribution is -2.25. The van der Waals surface area contributed by atoms with Crippen molar-refractivity contribution in [3.8, 4) is 0 Å². The molecule has 1 amide bonds. The molecule has 0 spiro atoms. The van der Waals surface area contributed by atoms with E-state index in [4.69, 9.17) is 5.11 Å². The second-order valence-electron chi connectivity index (χ2n) is 4.33. The molecule has 0 aliphatic rings.